The van der Waals surface area contributed by atoms with Crippen LogP contribution in [0.2, 0.25) is 0 Å². The van der Waals surface area contributed by atoms with Crippen LogP contribution in [0.1, 0.15) is 32.0 Å². The number of nitrogens with one attached hydrogen (secondary N) is 2. The van der Waals surface area contributed by atoms with Gasteiger partial charge in [0.1, 0.15) is 6.33 Å². The number of aromatic nitrogens is 3. The van der Waals surface area contributed by atoms with E-state index in [9.17, 15) is 9.90 Å². The van der Waals surface area contributed by atoms with Crippen molar-refractivity contribution in [1.29, 1.82) is 0 Å². The van der Waals surface area contributed by atoms with Crippen LogP contribution in [-0.4, -0.2) is 63.1 Å². The van der Waals surface area contributed by atoms with E-state index >= 15 is 0 Å². The number of carbonyl (C=O) groups excluding carboxylic acids is 1. The largest absolute Gasteiger partial charge is 0.390 e. The number of β-amino-alcohol motifs (C(OH)–C–C–N with tert-alkyl or cyclic N) is 1. The molecule has 22 heavy (non-hydrogen) atoms. The summed E-state index contributed by atoms with van der Waals surface area (Å²) in [6.07, 6.45) is 4.76. The van der Waals surface area contributed by atoms with Gasteiger partial charge in [0.05, 0.1) is 12.6 Å². The van der Waals surface area contributed by atoms with Crippen LogP contribution in [0, 0.1) is 0 Å². The Morgan fingerprint density at radius 3 is 2.86 bits per heavy atom. The SMILES string of the molecule is CCn1cnnc1CNC(=O)NC[C@@H](O)CN1CCCCC1. The highest BCUT2D eigenvalue weighted by atomic mass is 16.3. The number of hydrogen-bond donors (Lipinski definition) is 3. The number of carbonyl (C=O) groups is 1. The van der Waals surface area contributed by atoms with E-state index in [1.165, 1.54) is 19.3 Å². The second-order valence-corrected chi connectivity index (χ2v) is 5.61. The second-order valence-electron chi connectivity index (χ2n) is 5.61. The molecule has 1 fully saturated rings. The van der Waals surface area contributed by atoms with E-state index in [0.29, 0.717) is 18.9 Å². The molecule has 0 aliphatic carbocycles. The van der Waals surface area contributed by atoms with Crippen LogP contribution in [0.3, 0.4) is 0 Å². The van der Waals surface area contributed by atoms with Crippen molar-refractivity contribution in [3.8, 4) is 0 Å². The van der Waals surface area contributed by atoms with Crippen molar-refractivity contribution in [2.75, 3.05) is 26.2 Å². The third kappa shape index (κ3) is 5.27. The average molecular weight is 310 g/mol. The fourth-order valence-corrected chi connectivity index (χ4v) is 2.62. The van der Waals surface area contributed by atoms with Crippen LogP contribution in [0.25, 0.3) is 0 Å². The van der Waals surface area contributed by atoms with Gasteiger partial charge in [-0.25, -0.2) is 4.79 Å². The fourth-order valence-electron chi connectivity index (χ4n) is 2.62. The third-order valence-electron chi connectivity index (χ3n) is 3.86. The minimum atomic E-state index is -0.539. The van der Waals surface area contributed by atoms with Crippen molar-refractivity contribution in [1.82, 2.24) is 30.3 Å². The minimum Gasteiger partial charge on any atom is -0.390 e. The van der Waals surface area contributed by atoms with E-state index in [0.717, 1.165) is 19.6 Å². The van der Waals surface area contributed by atoms with Gasteiger partial charge in [-0.2, -0.15) is 0 Å². The van der Waals surface area contributed by atoms with Crippen LogP contribution in [-0.2, 0) is 13.1 Å². The Morgan fingerprint density at radius 2 is 2.14 bits per heavy atom. The van der Waals surface area contributed by atoms with E-state index in [4.69, 9.17) is 0 Å². The molecule has 1 aliphatic heterocycles. The summed E-state index contributed by atoms with van der Waals surface area (Å²) in [6.45, 7) is 6.02. The number of amides is 2. The van der Waals surface area contributed by atoms with E-state index in [1.807, 2.05) is 11.5 Å². The van der Waals surface area contributed by atoms with Crippen molar-refractivity contribution in [2.45, 2.75) is 45.4 Å². The lowest BCUT2D eigenvalue weighted by atomic mass is 10.1. The van der Waals surface area contributed by atoms with Gasteiger partial charge < -0.3 is 25.2 Å². The summed E-state index contributed by atoms with van der Waals surface area (Å²) in [5.74, 6) is 0.714. The van der Waals surface area contributed by atoms with Gasteiger partial charge in [0.25, 0.3) is 0 Å². The van der Waals surface area contributed by atoms with Crippen molar-refractivity contribution in [3.05, 3.63) is 12.2 Å². The van der Waals surface area contributed by atoms with Gasteiger partial charge in [-0.05, 0) is 32.9 Å². The summed E-state index contributed by atoms with van der Waals surface area (Å²) in [5.41, 5.74) is 0. The molecule has 124 valence electrons. The Bertz CT molecular complexity index is 458. The predicted molar refractivity (Wildman–Crippen MR) is 82.2 cm³/mol. The number of piperidine rings is 1. The Balaban J connectivity index is 1.62. The van der Waals surface area contributed by atoms with Crippen LogP contribution in [0.5, 0.6) is 0 Å². The molecule has 1 saturated heterocycles. The average Bonchev–Trinajstić information content (AvgIpc) is 2.99. The first-order chi connectivity index (χ1) is 10.7. The highest BCUT2D eigenvalue weighted by Gasteiger charge is 2.15. The molecule has 1 atom stereocenters. The predicted octanol–water partition coefficient (Wildman–Crippen LogP) is -0.0560. The van der Waals surface area contributed by atoms with Crippen LogP contribution >= 0.6 is 0 Å². The zero-order valence-corrected chi connectivity index (χ0v) is 13.2. The lowest BCUT2D eigenvalue weighted by Crippen LogP contribution is -2.44. The lowest BCUT2D eigenvalue weighted by Gasteiger charge is -2.28. The first kappa shape index (κ1) is 16.7. The first-order valence-corrected chi connectivity index (χ1v) is 7.98. The molecule has 0 saturated carbocycles. The normalized spacial score (nSPS) is 17.2. The number of hydrogen-bond acceptors (Lipinski definition) is 5. The number of rotatable bonds is 7. The standard InChI is InChI=1S/C14H26N6O2/c1-2-20-11-17-18-13(20)9-16-14(22)15-8-12(21)10-19-6-4-3-5-7-19/h11-12,21H,2-10H2,1H3,(H2,15,16,22)/t12-/m1/s1. The van der Waals surface area contributed by atoms with Crippen molar-refractivity contribution < 1.29 is 9.90 Å². The number of aliphatic hydroxyl groups excluding tert-OH is 1. The van der Waals surface area contributed by atoms with Gasteiger partial charge in [-0.3, -0.25) is 0 Å². The third-order valence-corrected chi connectivity index (χ3v) is 3.86. The number of aliphatic hydroxyl groups is 1. The molecule has 2 heterocycles. The summed E-state index contributed by atoms with van der Waals surface area (Å²) < 4.78 is 1.87. The van der Waals surface area contributed by atoms with Crippen molar-refractivity contribution in [2.24, 2.45) is 0 Å². The quantitative estimate of drug-likeness (QED) is 0.656. The van der Waals surface area contributed by atoms with Crippen LogP contribution in [0.4, 0.5) is 4.79 Å². The molecule has 0 radical (unpaired) electrons. The number of likely N-dealkylation sites (tertiary alicyclic amines) is 1. The highest BCUT2D eigenvalue weighted by Crippen LogP contribution is 2.08. The molecule has 8 nitrogen and oxygen atoms in total. The Morgan fingerprint density at radius 1 is 1.36 bits per heavy atom. The maximum atomic E-state index is 11.7. The maximum Gasteiger partial charge on any atom is 0.315 e. The summed E-state index contributed by atoms with van der Waals surface area (Å²) in [4.78, 5) is 14.0. The van der Waals surface area contributed by atoms with Gasteiger partial charge in [-0.15, -0.1) is 10.2 Å². The van der Waals surface area contributed by atoms with Crippen LogP contribution in [0.15, 0.2) is 6.33 Å². The zero-order valence-electron chi connectivity index (χ0n) is 13.2. The highest BCUT2D eigenvalue weighted by molar-refractivity contribution is 5.73. The molecule has 1 aromatic heterocycles. The number of aryl methyl sites for hydroxylation is 1. The maximum absolute atomic E-state index is 11.7. The molecule has 3 N–H and O–H groups in total. The zero-order chi connectivity index (χ0) is 15.8. The van der Waals surface area contributed by atoms with Gasteiger partial charge in [-0.1, -0.05) is 6.42 Å². The Hall–Kier alpha value is -1.67. The monoisotopic (exact) mass is 310 g/mol. The molecule has 0 bridgehead atoms. The summed E-state index contributed by atoms with van der Waals surface area (Å²) in [6, 6.07) is -0.302. The van der Waals surface area contributed by atoms with Gasteiger partial charge in [0.15, 0.2) is 5.82 Å². The molecule has 2 amide bonds. The molecule has 0 aromatic carbocycles. The minimum absolute atomic E-state index is 0.253. The van der Waals surface area contributed by atoms with Gasteiger partial charge in [0, 0.05) is 19.6 Å². The van der Waals surface area contributed by atoms with Gasteiger partial charge in [0.2, 0.25) is 0 Å². The van der Waals surface area contributed by atoms with E-state index in [2.05, 4.69) is 25.7 Å². The molecule has 1 aliphatic rings. The topological polar surface area (TPSA) is 95.3 Å². The number of nitrogens with zero attached hydrogens (tertiary/aromatic N) is 4. The summed E-state index contributed by atoms with van der Waals surface area (Å²) in [5, 5.41) is 23.1. The fraction of sp³-hybridized carbons (Fsp3) is 0.786. The Kier molecular flexibility index (Phi) is 6.60. The molecule has 8 heteroatoms. The lowest BCUT2D eigenvalue weighted by molar-refractivity contribution is 0.101. The molecule has 0 spiro atoms. The molecule has 1 aromatic rings. The second kappa shape index (κ2) is 8.70. The molecular weight excluding hydrogens is 284 g/mol. The smallest absolute Gasteiger partial charge is 0.315 e. The van der Waals surface area contributed by atoms with E-state index in [-0.39, 0.29) is 12.6 Å². The molecule has 0 unspecified atom stereocenters. The number of urea groups is 1. The Labute approximate surface area is 130 Å². The molecular formula is C14H26N6O2. The van der Waals surface area contributed by atoms with Crippen LogP contribution < -0.4 is 10.6 Å². The van der Waals surface area contributed by atoms with Gasteiger partial charge >= 0.3 is 6.03 Å². The summed E-state index contributed by atoms with van der Waals surface area (Å²) in [7, 11) is 0. The first-order valence-electron chi connectivity index (χ1n) is 7.98. The van der Waals surface area contributed by atoms with E-state index in [1.54, 1.807) is 6.33 Å². The van der Waals surface area contributed by atoms with E-state index < -0.39 is 6.10 Å². The molecule has 2 rings (SSSR count). The summed E-state index contributed by atoms with van der Waals surface area (Å²) >= 11 is 0. The van der Waals surface area contributed by atoms with Crippen molar-refractivity contribution in [3.63, 3.8) is 0 Å². The van der Waals surface area contributed by atoms with Crippen molar-refractivity contribution >= 4 is 6.03 Å².